The third-order valence-electron chi connectivity index (χ3n) is 3.77. The highest BCUT2D eigenvalue weighted by Crippen LogP contribution is 2.20. The average Bonchev–Trinajstić information content (AvgIpc) is 2.96. The van der Waals surface area contributed by atoms with E-state index in [1.807, 2.05) is 0 Å². The van der Waals surface area contributed by atoms with E-state index in [1.54, 1.807) is 0 Å². The summed E-state index contributed by atoms with van der Waals surface area (Å²) in [5, 5.41) is -0.225. The van der Waals surface area contributed by atoms with Crippen molar-refractivity contribution in [2.45, 2.75) is 25.4 Å². The topological polar surface area (TPSA) is 96.9 Å². The van der Waals surface area contributed by atoms with Gasteiger partial charge in [0.25, 0.3) is 15.9 Å². The molecule has 0 bridgehead atoms. The molecule has 124 valence electrons. The van der Waals surface area contributed by atoms with Gasteiger partial charge in [-0.25, -0.2) is 8.42 Å². The first-order chi connectivity index (χ1) is 10.3. The highest BCUT2D eigenvalue weighted by molar-refractivity contribution is 7.89. The number of nitrogens with zero attached hydrogens (tertiary/aromatic N) is 2. The lowest BCUT2D eigenvalue weighted by molar-refractivity contribution is 0.0968. The number of piperazine rings is 1. The van der Waals surface area contributed by atoms with E-state index >= 15 is 0 Å². The van der Waals surface area contributed by atoms with Crippen molar-refractivity contribution in [1.82, 2.24) is 9.21 Å². The zero-order valence-electron chi connectivity index (χ0n) is 13.0. The van der Waals surface area contributed by atoms with Crippen LogP contribution in [0.15, 0.2) is 21.6 Å². The van der Waals surface area contributed by atoms with Crippen LogP contribution in [0.2, 0.25) is 0 Å². The number of hydrogen-bond acceptors (Lipinski definition) is 5. The van der Waals surface area contributed by atoms with Gasteiger partial charge < -0.3 is 15.1 Å². The van der Waals surface area contributed by atoms with Crippen LogP contribution in [0.5, 0.6) is 0 Å². The van der Waals surface area contributed by atoms with Crippen molar-refractivity contribution in [1.29, 1.82) is 0 Å². The first-order valence-corrected chi connectivity index (χ1v) is 8.87. The molecule has 1 fully saturated rings. The number of amides is 1. The summed E-state index contributed by atoms with van der Waals surface area (Å²) in [5.74, 6) is -0.286. The lowest BCUT2D eigenvalue weighted by Crippen LogP contribution is -2.48. The molecule has 1 amide bonds. The number of furan rings is 1. The molecule has 0 saturated carbocycles. The molecular formula is C14H23N3O4S. The first kappa shape index (κ1) is 17.0. The van der Waals surface area contributed by atoms with Gasteiger partial charge in [-0.05, 0) is 31.0 Å². The third-order valence-corrected chi connectivity index (χ3v) is 5.55. The van der Waals surface area contributed by atoms with Crippen molar-refractivity contribution in [3.05, 3.63) is 17.9 Å². The van der Waals surface area contributed by atoms with E-state index in [2.05, 4.69) is 18.7 Å². The van der Waals surface area contributed by atoms with E-state index < -0.39 is 15.9 Å². The van der Waals surface area contributed by atoms with Crippen LogP contribution in [0.25, 0.3) is 0 Å². The Bertz CT molecular complexity index is 616. The summed E-state index contributed by atoms with van der Waals surface area (Å²) in [6, 6.07) is 2.56. The largest absolute Gasteiger partial charge is 0.438 e. The molecule has 0 radical (unpaired) electrons. The zero-order chi connectivity index (χ0) is 16.3. The fraction of sp³-hybridized carbons (Fsp3) is 0.643. The summed E-state index contributed by atoms with van der Waals surface area (Å²) < 4.78 is 31.4. The molecule has 8 heteroatoms. The molecule has 0 unspecified atom stereocenters. The van der Waals surface area contributed by atoms with E-state index in [9.17, 15) is 13.2 Å². The van der Waals surface area contributed by atoms with Crippen molar-refractivity contribution in [3.8, 4) is 0 Å². The molecule has 0 atom stereocenters. The second-order valence-electron chi connectivity index (χ2n) is 5.91. The number of carbonyl (C=O) groups excluding carboxylic acids is 1. The Balaban J connectivity index is 1.98. The van der Waals surface area contributed by atoms with Gasteiger partial charge in [0.2, 0.25) is 5.09 Å². The Labute approximate surface area is 131 Å². The normalized spacial score (nSPS) is 18.0. The van der Waals surface area contributed by atoms with Gasteiger partial charge in [-0.15, -0.1) is 0 Å². The Hall–Kier alpha value is -1.38. The Morgan fingerprint density at radius 3 is 2.41 bits per heavy atom. The molecule has 2 heterocycles. The summed E-state index contributed by atoms with van der Waals surface area (Å²) in [7, 11) is -3.70. The maximum Gasteiger partial charge on any atom is 0.284 e. The van der Waals surface area contributed by atoms with Gasteiger partial charge in [-0.3, -0.25) is 4.79 Å². The molecule has 2 N–H and O–H groups in total. The SMILES string of the molecule is CC(C)CCN1CCN(S(=O)(=O)c2ccc(C(N)=O)o2)CC1. The van der Waals surface area contributed by atoms with E-state index in [4.69, 9.17) is 10.2 Å². The molecule has 1 saturated heterocycles. The number of rotatable bonds is 6. The number of sulfonamides is 1. The maximum absolute atomic E-state index is 12.5. The van der Waals surface area contributed by atoms with Gasteiger partial charge in [0.15, 0.2) is 5.76 Å². The fourth-order valence-corrected chi connectivity index (χ4v) is 3.69. The standard InChI is InChI=1S/C14H23N3O4S/c1-11(2)5-6-16-7-9-17(10-8-16)22(19,20)13-4-3-12(21-13)14(15)18/h3-4,11H,5-10H2,1-2H3,(H2,15,18). The third kappa shape index (κ3) is 3.88. The molecule has 2 rings (SSSR count). The number of primary amides is 1. The van der Waals surface area contributed by atoms with Crippen LogP contribution in [0.3, 0.4) is 0 Å². The van der Waals surface area contributed by atoms with Gasteiger partial charge in [-0.1, -0.05) is 13.8 Å². The van der Waals surface area contributed by atoms with E-state index in [0.717, 1.165) is 13.0 Å². The van der Waals surface area contributed by atoms with Crippen molar-refractivity contribution in [2.75, 3.05) is 32.7 Å². The number of nitrogens with two attached hydrogens (primary N) is 1. The van der Waals surface area contributed by atoms with Gasteiger partial charge in [0.05, 0.1) is 0 Å². The summed E-state index contributed by atoms with van der Waals surface area (Å²) in [4.78, 5) is 13.3. The average molecular weight is 329 g/mol. The van der Waals surface area contributed by atoms with Gasteiger partial charge >= 0.3 is 0 Å². The van der Waals surface area contributed by atoms with Crippen molar-refractivity contribution >= 4 is 15.9 Å². The molecule has 1 aliphatic rings. The minimum atomic E-state index is -3.70. The molecule has 0 aromatic carbocycles. The Morgan fingerprint density at radius 2 is 1.91 bits per heavy atom. The lowest BCUT2D eigenvalue weighted by Gasteiger charge is -2.33. The zero-order valence-corrected chi connectivity index (χ0v) is 13.8. The monoisotopic (exact) mass is 329 g/mol. The Morgan fingerprint density at radius 1 is 1.27 bits per heavy atom. The summed E-state index contributed by atoms with van der Waals surface area (Å²) in [6.07, 6.45) is 1.10. The smallest absolute Gasteiger partial charge is 0.284 e. The van der Waals surface area contributed by atoms with Crippen molar-refractivity contribution in [2.24, 2.45) is 11.7 Å². The first-order valence-electron chi connectivity index (χ1n) is 7.43. The fourth-order valence-electron chi connectivity index (χ4n) is 2.35. The van der Waals surface area contributed by atoms with E-state index in [1.165, 1.54) is 16.4 Å². The summed E-state index contributed by atoms with van der Waals surface area (Å²) in [6.45, 7) is 7.59. The molecule has 0 spiro atoms. The molecule has 1 aliphatic heterocycles. The molecule has 0 aliphatic carbocycles. The van der Waals surface area contributed by atoms with Crippen LogP contribution in [0.4, 0.5) is 0 Å². The van der Waals surface area contributed by atoms with Crippen LogP contribution in [-0.2, 0) is 10.0 Å². The van der Waals surface area contributed by atoms with Crippen LogP contribution in [0.1, 0.15) is 30.8 Å². The lowest BCUT2D eigenvalue weighted by atomic mass is 10.1. The van der Waals surface area contributed by atoms with Crippen LogP contribution < -0.4 is 5.73 Å². The van der Waals surface area contributed by atoms with E-state index in [-0.39, 0.29) is 10.9 Å². The predicted molar refractivity (Wildman–Crippen MR) is 81.9 cm³/mol. The summed E-state index contributed by atoms with van der Waals surface area (Å²) in [5.41, 5.74) is 5.08. The minimum Gasteiger partial charge on any atom is -0.438 e. The number of carbonyl (C=O) groups is 1. The molecule has 1 aromatic heterocycles. The van der Waals surface area contributed by atoms with Gasteiger partial charge in [0, 0.05) is 26.2 Å². The predicted octanol–water partition coefficient (Wildman–Crippen LogP) is 0.731. The highest BCUT2D eigenvalue weighted by atomic mass is 32.2. The second kappa shape index (κ2) is 6.80. The second-order valence-corrected chi connectivity index (χ2v) is 7.78. The van der Waals surface area contributed by atoms with Crippen molar-refractivity contribution < 1.29 is 17.6 Å². The minimum absolute atomic E-state index is 0.144. The molecule has 22 heavy (non-hydrogen) atoms. The van der Waals surface area contributed by atoms with Crippen LogP contribution in [0, 0.1) is 5.92 Å². The quantitative estimate of drug-likeness (QED) is 0.830. The van der Waals surface area contributed by atoms with Crippen molar-refractivity contribution in [3.63, 3.8) is 0 Å². The Kier molecular flexibility index (Phi) is 5.25. The highest BCUT2D eigenvalue weighted by Gasteiger charge is 2.31. The molecule has 1 aromatic rings. The van der Waals surface area contributed by atoms with Gasteiger partial charge in [-0.2, -0.15) is 4.31 Å². The van der Waals surface area contributed by atoms with Crippen LogP contribution >= 0.6 is 0 Å². The maximum atomic E-state index is 12.5. The molecular weight excluding hydrogens is 306 g/mol. The molecule has 7 nitrogen and oxygen atoms in total. The number of hydrogen-bond donors (Lipinski definition) is 1. The van der Waals surface area contributed by atoms with E-state index in [0.29, 0.717) is 32.1 Å². The van der Waals surface area contributed by atoms with Crippen LogP contribution in [-0.4, -0.2) is 56.3 Å². The summed E-state index contributed by atoms with van der Waals surface area (Å²) >= 11 is 0. The van der Waals surface area contributed by atoms with Gasteiger partial charge in [0.1, 0.15) is 0 Å².